The lowest BCUT2D eigenvalue weighted by molar-refractivity contribution is 0.0972. The Bertz CT molecular complexity index is 382. The zero-order valence-electron chi connectivity index (χ0n) is 8.49. The molecule has 78 valence electrons. The molecule has 1 aromatic rings. The number of carbonyl (C=O) groups is 1. The van der Waals surface area contributed by atoms with E-state index < -0.39 is 5.91 Å². The summed E-state index contributed by atoms with van der Waals surface area (Å²) < 4.78 is 5.36. The summed E-state index contributed by atoms with van der Waals surface area (Å²) in [4.78, 5) is 11.3. The maximum Gasteiger partial charge on any atom is 0.264 e. The van der Waals surface area contributed by atoms with E-state index in [1.54, 1.807) is 30.5 Å². The lowest BCUT2D eigenvalue weighted by Gasteiger charge is -2.05. The molecule has 4 nitrogen and oxygen atoms in total. The van der Waals surface area contributed by atoms with Crippen molar-refractivity contribution in [3.8, 4) is 11.9 Å². The summed E-state index contributed by atoms with van der Waals surface area (Å²) in [5.41, 5.74) is 0.421. The van der Waals surface area contributed by atoms with E-state index in [1.165, 1.54) is 0 Å². The van der Waals surface area contributed by atoms with Crippen LogP contribution < -0.4 is 10.1 Å². The Balaban J connectivity index is 2.74. The molecule has 0 aromatic heterocycles. The Morgan fingerprint density at radius 3 is 3.07 bits per heavy atom. The van der Waals surface area contributed by atoms with Crippen LogP contribution in [0.4, 0.5) is 0 Å². The predicted molar refractivity (Wildman–Crippen MR) is 55.3 cm³/mol. The topological polar surface area (TPSA) is 62.1 Å². The second kappa shape index (κ2) is 5.66. The summed E-state index contributed by atoms with van der Waals surface area (Å²) in [7, 11) is 0. The molecular weight excluding hydrogens is 192 g/mol. The number of nitrogens with one attached hydrogen (secondary N) is 1. The molecule has 0 aliphatic heterocycles. The first-order valence-electron chi connectivity index (χ1n) is 4.70. The van der Waals surface area contributed by atoms with Crippen molar-refractivity contribution < 1.29 is 9.53 Å². The molecule has 1 rings (SSSR count). The van der Waals surface area contributed by atoms with E-state index in [4.69, 9.17) is 10.00 Å². The van der Waals surface area contributed by atoms with Crippen LogP contribution in [0.1, 0.15) is 23.7 Å². The molecule has 15 heavy (non-hydrogen) atoms. The molecule has 0 saturated carbocycles. The number of ether oxygens (including phenoxy) is 1. The second-order valence-corrected chi connectivity index (χ2v) is 2.94. The summed E-state index contributed by atoms with van der Waals surface area (Å²) >= 11 is 0. The van der Waals surface area contributed by atoms with Crippen molar-refractivity contribution in [2.24, 2.45) is 0 Å². The highest BCUT2D eigenvalue weighted by molar-refractivity contribution is 5.95. The maximum absolute atomic E-state index is 11.3. The number of amides is 1. The third kappa shape index (κ3) is 3.31. The van der Waals surface area contributed by atoms with Gasteiger partial charge in [0.15, 0.2) is 6.19 Å². The van der Waals surface area contributed by atoms with Crippen LogP contribution in [0.25, 0.3) is 0 Å². The van der Waals surface area contributed by atoms with Crippen LogP contribution in [0.3, 0.4) is 0 Å². The molecule has 0 unspecified atom stereocenters. The minimum Gasteiger partial charge on any atom is -0.494 e. The highest BCUT2D eigenvalue weighted by Crippen LogP contribution is 2.13. The van der Waals surface area contributed by atoms with Crippen molar-refractivity contribution in [3.05, 3.63) is 29.8 Å². The van der Waals surface area contributed by atoms with Gasteiger partial charge in [-0.2, -0.15) is 5.26 Å². The highest BCUT2D eigenvalue weighted by atomic mass is 16.5. The predicted octanol–water partition coefficient (Wildman–Crippen LogP) is 1.69. The average Bonchev–Trinajstić information content (AvgIpc) is 2.27. The molecule has 1 N–H and O–H groups in total. The number of hydrogen-bond acceptors (Lipinski definition) is 3. The van der Waals surface area contributed by atoms with Crippen molar-refractivity contribution in [2.45, 2.75) is 13.3 Å². The van der Waals surface area contributed by atoms with Gasteiger partial charge < -0.3 is 4.74 Å². The Morgan fingerprint density at radius 2 is 2.40 bits per heavy atom. The van der Waals surface area contributed by atoms with Crippen LogP contribution in [0, 0.1) is 11.5 Å². The molecular formula is C11H12N2O2. The molecule has 0 saturated heterocycles. The monoisotopic (exact) mass is 204 g/mol. The van der Waals surface area contributed by atoms with E-state index in [1.807, 2.05) is 6.92 Å². The van der Waals surface area contributed by atoms with Crippen molar-refractivity contribution in [1.82, 2.24) is 5.32 Å². The minimum atomic E-state index is -0.417. The van der Waals surface area contributed by atoms with Gasteiger partial charge in [0, 0.05) is 5.56 Å². The highest BCUT2D eigenvalue weighted by Gasteiger charge is 2.05. The fourth-order valence-electron chi connectivity index (χ4n) is 1.07. The van der Waals surface area contributed by atoms with Crippen LogP contribution in [0.2, 0.25) is 0 Å². The molecule has 0 atom stereocenters. The largest absolute Gasteiger partial charge is 0.494 e. The van der Waals surface area contributed by atoms with Gasteiger partial charge in [0.1, 0.15) is 5.75 Å². The molecule has 1 aromatic carbocycles. The van der Waals surface area contributed by atoms with Crippen LogP contribution in [0.5, 0.6) is 5.75 Å². The minimum absolute atomic E-state index is 0.417. The van der Waals surface area contributed by atoms with Crippen LogP contribution >= 0.6 is 0 Å². The molecule has 0 aliphatic rings. The van der Waals surface area contributed by atoms with Gasteiger partial charge in [-0.25, -0.2) is 0 Å². The quantitative estimate of drug-likeness (QED) is 0.599. The van der Waals surface area contributed by atoms with E-state index >= 15 is 0 Å². The van der Waals surface area contributed by atoms with Crippen LogP contribution in [-0.2, 0) is 0 Å². The molecule has 4 heteroatoms. The number of benzene rings is 1. The van der Waals surface area contributed by atoms with E-state index in [-0.39, 0.29) is 0 Å². The molecule has 0 heterocycles. The third-order valence-electron chi connectivity index (χ3n) is 1.74. The Kier molecular flexibility index (Phi) is 4.17. The first-order chi connectivity index (χ1) is 7.27. The van der Waals surface area contributed by atoms with E-state index in [0.29, 0.717) is 17.9 Å². The molecule has 0 spiro atoms. The number of carbonyl (C=O) groups excluding carboxylic acids is 1. The summed E-state index contributed by atoms with van der Waals surface area (Å²) in [5, 5.41) is 10.4. The zero-order chi connectivity index (χ0) is 11.1. The number of rotatable bonds is 4. The standard InChI is InChI=1S/C11H12N2O2/c1-2-6-15-10-5-3-4-9(7-10)11(14)13-8-12/h3-5,7H,2,6H2,1H3,(H,13,14). The lowest BCUT2D eigenvalue weighted by atomic mass is 10.2. The molecule has 0 radical (unpaired) electrons. The van der Waals surface area contributed by atoms with Crippen molar-refractivity contribution >= 4 is 5.91 Å². The van der Waals surface area contributed by atoms with Gasteiger partial charge in [-0.15, -0.1) is 0 Å². The van der Waals surface area contributed by atoms with E-state index in [2.05, 4.69) is 5.32 Å². The number of nitrogens with zero attached hydrogens (tertiary/aromatic N) is 1. The second-order valence-electron chi connectivity index (χ2n) is 2.94. The summed E-state index contributed by atoms with van der Waals surface area (Å²) in [6.07, 6.45) is 2.50. The summed E-state index contributed by atoms with van der Waals surface area (Å²) in [6.45, 7) is 2.62. The normalized spacial score (nSPS) is 9.07. The van der Waals surface area contributed by atoms with Crippen molar-refractivity contribution in [2.75, 3.05) is 6.61 Å². The fourth-order valence-corrected chi connectivity index (χ4v) is 1.07. The first kappa shape index (κ1) is 11.1. The van der Waals surface area contributed by atoms with Crippen LogP contribution in [0.15, 0.2) is 24.3 Å². The van der Waals surface area contributed by atoms with Gasteiger partial charge in [-0.3, -0.25) is 10.1 Å². The van der Waals surface area contributed by atoms with Crippen molar-refractivity contribution in [1.29, 1.82) is 5.26 Å². The number of nitriles is 1. The molecule has 0 fully saturated rings. The van der Waals surface area contributed by atoms with Gasteiger partial charge in [0.2, 0.25) is 0 Å². The number of hydrogen-bond donors (Lipinski definition) is 1. The molecule has 0 aliphatic carbocycles. The van der Waals surface area contributed by atoms with Gasteiger partial charge >= 0.3 is 0 Å². The van der Waals surface area contributed by atoms with Crippen LogP contribution in [-0.4, -0.2) is 12.5 Å². The lowest BCUT2D eigenvalue weighted by Crippen LogP contribution is -2.17. The smallest absolute Gasteiger partial charge is 0.264 e. The van der Waals surface area contributed by atoms with Gasteiger partial charge in [-0.05, 0) is 24.6 Å². The maximum atomic E-state index is 11.3. The Hall–Kier alpha value is -2.02. The van der Waals surface area contributed by atoms with E-state index in [0.717, 1.165) is 6.42 Å². The Morgan fingerprint density at radius 1 is 1.60 bits per heavy atom. The SMILES string of the molecule is CCCOc1cccc(C(=O)NC#N)c1. The van der Waals surface area contributed by atoms with E-state index in [9.17, 15) is 4.79 Å². The van der Waals surface area contributed by atoms with Gasteiger partial charge in [0.05, 0.1) is 6.61 Å². The zero-order valence-corrected chi connectivity index (χ0v) is 8.49. The average molecular weight is 204 g/mol. The van der Waals surface area contributed by atoms with Gasteiger partial charge in [-0.1, -0.05) is 13.0 Å². The third-order valence-corrected chi connectivity index (χ3v) is 1.74. The molecule has 1 amide bonds. The fraction of sp³-hybridized carbons (Fsp3) is 0.273. The molecule has 0 bridgehead atoms. The first-order valence-corrected chi connectivity index (χ1v) is 4.70. The summed E-state index contributed by atoms with van der Waals surface area (Å²) in [6, 6.07) is 6.74. The Labute approximate surface area is 88.5 Å². The van der Waals surface area contributed by atoms with Gasteiger partial charge in [0.25, 0.3) is 5.91 Å². The summed E-state index contributed by atoms with van der Waals surface area (Å²) in [5.74, 6) is 0.224. The van der Waals surface area contributed by atoms with Crippen molar-refractivity contribution in [3.63, 3.8) is 0 Å².